The molecule has 0 unspecified atom stereocenters. The minimum Gasteiger partial charge on any atom is -0.508 e. The highest BCUT2D eigenvalue weighted by Gasteiger charge is 2.36. The summed E-state index contributed by atoms with van der Waals surface area (Å²) in [4.78, 5) is 16.5. The largest absolute Gasteiger partial charge is 0.508 e. The number of carbonyl (C=O) groups excluding carboxylic acids is 1. The van der Waals surface area contributed by atoms with Crippen LogP contribution in [0.1, 0.15) is 29.2 Å². The number of aromatic hydroxyl groups is 1. The van der Waals surface area contributed by atoms with Crippen molar-refractivity contribution in [1.29, 1.82) is 0 Å². The van der Waals surface area contributed by atoms with Crippen molar-refractivity contribution in [2.24, 2.45) is 0 Å². The first kappa shape index (κ1) is 17.1. The standard InChI is InChI=1S/C19H14F3N3O2/c20-19(21,22)14-3-1-2-4-15(14)25-10-23-17-13(9-16(27)24-18(17)25)11-5-7-12(26)8-6-11/h1-8,10,13,26H,9H2,(H,24,27)/t13-/m0/s1. The number of alkyl halides is 3. The predicted octanol–water partition coefficient (Wildman–Crippen LogP) is 4.07. The molecule has 138 valence electrons. The van der Waals surface area contributed by atoms with Crippen LogP contribution in [0.5, 0.6) is 5.75 Å². The molecule has 1 aliphatic rings. The van der Waals surface area contributed by atoms with Gasteiger partial charge in [-0.1, -0.05) is 24.3 Å². The van der Waals surface area contributed by atoms with Gasteiger partial charge < -0.3 is 10.4 Å². The molecule has 0 bridgehead atoms. The summed E-state index contributed by atoms with van der Waals surface area (Å²) in [6.07, 6.45) is -3.13. The number of fused-ring (bicyclic) bond motifs is 1. The van der Waals surface area contributed by atoms with Crippen molar-refractivity contribution in [3.63, 3.8) is 0 Å². The number of benzene rings is 2. The maximum absolute atomic E-state index is 13.4. The fourth-order valence-electron chi connectivity index (χ4n) is 3.30. The monoisotopic (exact) mass is 373 g/mol. The van der Waals surface area contributed by atoms with Crippen LogP contribution in [0.15, 0.2) is 54.9 Å². The number of phenolic OH excluding ortho intramolecular Hbond substituents is 1. The van der Waals surface area contributed by atoms with Gasteiger partial charge in [0.25, 0.3) is 0 Å². The summed E-state index contributed by atoms with van der Waals surface area (Å²) in [5.41, 5.74) is 0.312. The molecule has 0 saturated carbocycles. The molecule has 0 spiro atoms. The molecular weight excluding hydrogens is 359 g/mol. The second-order valence-corrected chi connectivity index (χ2v) is 6.26. The highest BCUT2D eigenvalue weighted by atomic mass is 19.4. The molecule has 0 radical (unpaired) electrons. The number of hydrogen-bond acceptors (Lipinski definition) is 3. The van der Waals surface area contributed by atoms with Crippen molar-refractivity contribution in [2.75, 3.05) is 5.32 Å². The van der Waals surface area contributed by atoms with Crippen LogP contribution in [0.25, 0.3) is 5.69 Å². The fraction of sp³-hybridized carbons (Fsp3) is 0.158. The summed E-state index contributed by atoms with van der Waals surface area (Å²) in [7, 11) is 0. The van der Waals surface area contributed by atoms with Crippen LogP contribution in [0.3, 0.4) is 0 Å². The van der Waals surface area contributed by atoms with Crippen molar-refractivity contribution in [3.05, 3.63) is 71.7 Å². The number of nitrogens with one attached hydrogen (secondary N) is 1. The summed E-state index contributed by atoms with van der Waals surface area (Å²) in [6.45, 7) is 0. The lowest BCUT2D eigenvalue weighted by molar-refractivity contribution is -0.137. The average Bonchev–Trinajstić information content (AvgIpc) is 3.04. The Hall–Kier alpha value is -3.29. The van der Waals surface area contributed by atoms with Gasteiger partial charge in [0.1, 0.15) is 17.9 Å². The highest BCUT2D eigenvalue weighted by Crippen LogP contribution is 2.40. The van der Waals surface area contributed by atoms with Gasteiger partial charge in [-0.05, 0) is 29.8 Å². The van der Waals surface area contributed by atoms with Gasteiger partial charge in [-0.25, -0.2) is 4.98 Å². The number of carbonyl (C=O) groups is 1. The molecule has 0 fully saturated rings. The van der Waals surface area contributed by atoms with E-state index >= 15 is 0 Å². The zero-order valence-electron chi connectivity index (χ0n) is 13.9. The number of imidazole rings is 1. The smallest absolute Gasteiger partial charge is 0.418 e. The molecule has 5 nitrogen and oxygen atoms in total. The van der Waals surface area contributed by atoms with Crippen molar-refractivity contribution in [2.45, 2.75) is 18.5 Å². The molecule has 27 heavy (non-hydrogen) atoms. The molecule has 1 aromatic heterocycles. The van der Waals surface area contributed by atoms with E-state index in [0.29, 0.717) is 5.69 Å². The van der Waals surface area contributed by atoms with E-state index in [2.05, 4.69) is 10.3 Å². The van der Waals surface area contributed by atoms with Crippen LogP contribution in [-0.4, -0.2) is 20.6 Å². The number of anilines is 1. The maximum atomic E-state index is 13.4. The van der Waals surface area contributed by atoms with Crippen molar-refractivity contribution >= 4 is 11.7 Å². The van der Waals surface area contributed by atoms with Gasteiger partial charge >= 0.3 is 6.18 Å². The zero-order valence-corrected chi connectivity index (χ0v) is 13.9. The molecule has 2 N–H and O–H groups in total. The summed E-state index contributed by atoms with van der Waals surface area (Å²) < 4.78 is 41.4. The second-order valence-electron chi connectivity index (χ2n) is 6.26. The van der Waals surface area contributed by atoms with Gasteiger partial charge in [0.2, 0.25) is 5.91 Å². The molecule has 2 heterocycles. The Morgan fingerprint density at radius 3 is 2.52 bits per heavy atom. The Balaban J connectivity index is 1.85. The Bertz CT molecular complexity index is 1010. The van der Waals surface area contributed by atoms with E-state index < -0.39 is 17.7 Å². The van der Waals surface area contributed by atoms with Gasteiger partial charge in [0.15, 0.2) is 0 Å². The number of para-hydroxylation sites is 1. The number of amides is 1. The lowest BCUT2D eigenvalue weighted by Crippen LogP contribution is -2.25. The molecule has 1 atom stereocenters. The number of phenols is 1. The van der Waals surface area contributed by atoms with E-state index in [4.69, 9.17) is 0 Å². The molecule has 1 amide bonds. The van der Waals surface area contributed by atoms with Crippen LogP contribution >= 0.6 is 0 Å². The molecule has 3 aromatic rings. The number of hydrogen-bond donors (Lipinski definition) is 2. The van der Waals surface area contributed by atoms with Gasteiger partial charge in [-0.2, -0.15) is 13.2 Å². The van der Waals surface area contributed by atoms with E-state index in [1.807, 2.05) is 0 Å². The fourth-order valence-corrected chi connectivity index (χ4v) is 3.30. The van der Waals surface area contributed by atoms with Gasteiger partial charge in [-0.15, -0.1) is 0 Å². The Morgan fingerprint density at radius 2 is 1.81 bits per heavy atom. The Kier molecular flexibility index (Phi) is 3.91. The first-order valence-electron chi connectivity index (χ1n) is 8.17. The predicted molar refractivity (Wildman–Crippen MR) is 91.8 cm³/mol. The van der Waals surface area contributed by atoms with Crippen LogP contribution in [0.2, 0.25) is 0 Å². The van der Waals surface area contributed by atoms with Gasteiger partial charge in [0, 0.05) is 12.3 Å². The lowest BCUT2D eigenvalue weighted by Gasteiger charge is -2.24. The van der Waals surface area contributed by atoms with Gasteiger partial charge in [-0.3, -0.25) is 9.36 Å². The SMILES string of the molecule is O=C1C[C@@H](c2ccc(O)cc2)c2ncn(-c3ccccc3C(F)(F)F)c2N1. The van der Waals surface area contributed by atoms with E-state index in [1.165, 1.54) is 41.2 Å². The van der Waals surface area contributed by atoms with E-state index in [9.17, 15) is 23.1 Å². The van der Waals surface area contributed by atoms with Crippen molar-refractivity contribution in [3.8, 4) is 11.4 Å². The summed E-state index contributed by atoms with van der Waals surface area (Å²) >= 11 is 0. The Morgan fingerprint density at radius 1 is 1.11 bits per heavy atom. The van der Waals surface area contributed by atoms with Crippen LogP contribution in [0.4, 0.5) is 19.0 Å². The summed E-state index contributed by atoms with van der Waals surface area (Å²) in [5.74, 6) is -0.412. The third-order valence-corrected chi connectivity index (χ3v) is 4.54. The number of rotatable bonds is 2. The third kappa shape index (κ3) is 3.03. The lowest BCUT2D eigenvalue weighted by atomic mass is 9.90. The highest BCUT2D eigenvalue weighted by molar-refractivity contribution is 5.94. The van der Waals surface area contributed by atoms with Gasteiger partial charge in [0.05, 0.1) is 16.9 Å². The third-order valence-electron chi connectivity index (χ3n) is 4.54. The van der Waals surface area contributed by atoms with Crippen LogP contribution < -0.4 is 5.32 Å². The minimum atomic E-state index is -4.54. The molecule has 0 aliphatic carbocycles. The zero-order chi connectivity index (χ0) is 19.2. The number of halogens is 3. The molecule has 1 aliphatic heterocycles. The van der Waals surface area contributed by atoms with Crippen LogP contribution in [0, 0.1) is 0 Å². The van der Waals surface area contributed by atoms with E-state index in [1.54, 1.807) is 12.1 Å². The quantitative estimate of drug-likeness (QED) is 0.712. The van der Waals surface area contributed by atoms with Crippen molar-refractivity contribution in [1.82, 2.24) is 9.55 Å². The Labute approximate surface area is 152 Å². The summed E-state index contributed by atoms with van der Waals surface area (Å²) in [6, 6.07) is 11.5. The summed E-state index contributed by atoms with van der Waals surface area (Å²) in [5, 5.41) is 12.1. The number of nitrogens with zero attached hydrogens (tertiary/aromatic N) is 2. The minimum absolute atomic E-state index is 0.0869. The first-order chi connectivity index (χ1) is 12.8. The second kappa shape index (κ2) is 6.15. The normalized spacial score (nSPS) is 16.7. The maximum Gasteiger partial charge on any atom is 0.418 e. The first-order valence-corrected chi connectivity index (χ1v) is 8.17. The topological polar surface area (TPSA) is 67.1 Å². The van der Waals surface area contributed by atoms with Crippen LogP contribution in [-0.2, 0) is 11.0 Å². The average molecular weight is 373 g/mol. The van der Waals surface area contributed by atoms with E-state index in [0.717, 1.165) is 11.6 Å². The molecule has 4 rings (SSSR count). The van der Waals surface area contributed by atoms with Crippen molar-refractivity contribution < 1.29 is 23.1 Å². The number of aromatic nitrogens is 2. The molecule has 8 heteroatoms. The molecule has 2 aromatic carbocycles. The molecule has 0 saturated heterocycles. The van der Waals surface area contributed by atoms with E-state index in [-0.39, 0.29) is 29.6 Å². The molecular formula is C19H14F3N3O2.